The molecule has 0 bridgehead atoms. The van der Waals surface area contributed by atoms with Crippen LogP contribution < -0.4 is 10.0 Å². The molecule has 4 heteroatoms. The zero-order chi connectivity index (χ0) is 24.5. The van der Waals surface area contributed by atoms with Crippen molar-refractivity contribution in [3.63, 3.8) is 0 Å². The number of hydrogen-bond donors (Lipinski definition) is 0. The third-order valence-electron chi connectivity index (χ3n) is 7.23. The molecule has 0 aromatic heterocycles. The van der Waals surface area contributed by atoms with Gasteiger partial charge >= 0.3 is 0 Å². The van der Waals surface area contributed by atoms with Gasteiger partial charge in [-0.25, -0.2) is 0 Å². The fourth-order valence-electron chi connectivity index (χ4n) is 5.04. The van der Waals surface area contributed by atoms with Crippen molar-refractivity contribution in [2.75, 3.05) is 27.0 Å². The standard InChI is InChI=1S/C31H40NO2P/c1-4-31(2,35-29-19-10-9-16-27(29)23-32-20-11-6-12-21-32)28-18-13-17-26(30(28)34-24-33-3)22-25-14-7-5-8-15-25/h5,7-10,13-19,35H,4,6,11-12,20-24H2,1-3H3. The third-order valence-corrected chi connectivity index (χ3v) is 9.16. The molecule has 35 heavy (non-hydrogen) atoms. The highest BCUT2D eigenvalue weighted by molar-refractivity contribution is 7.48. The quantitative estimate of drug-likeness (QED) is 0.217. The molecule has 0 N–H and O–H groups in total. The van der Waals surface area contributed by atoms with Crippen molar-refractivity contribution in [2.24, 2.45) is 0 Å². The number of hydrogen-bond acceptors (Lipinski definition) is 3. The molecule has 1 aliphatic rings. The van der Waals surface area contributed by atoms with Gasteiger partial charge < -0.3 is 9.47 Å². The summed E-state index contributed by atoms with van der Waals surface area (Å²) in [6.45, 7) is 8.48. The number of rotatable bonds is 11. The summed E-state index contributed by atoms with van der Waals surface area (Å²) in [5.41, 5.74) is 5.28. The van der Waals surface area contributed by atoms with E-state index in [1.54, 1.807) is 7.11 Å². The normalized spacial score (nSPS) is 16.4. The molecule has 1 fully saturated rings. The minimum atomic E-state index is -0.0201. The maximum absolute atomic E-state index is 6.30. The molecule has 4 rings (SSSR count). The summed E-state index contributed by atoms with van der Waals surface area (Å²) in [5, 5.41) is 1.46. The molecule has 186 valence electrons. The molecule has 0 aliphatic carbocycles. The highest BCUT2D eigenvalue weighted by Gasteiger charge is 2.31. The van der Waals surface area contributed by atoms with E-state index in [-0.39, 0.29) is 11.9 Å². The van der Waals surface area contributed by atoms with Crippen LogP contribution in [0.4, 0.5) is 0 Å². The van der Waals surface area contributed by atoms with Crippen molar-refractivity contribution in [2.45, 2.75) is 57.7 Å². The fourth-order valence-corrected chi connectivity index (χ4v) is 6.65. The minimum absolute atomic E-state index is 0.0201. The van der Waals surface area contributed by atoms with E-state index in [0.717, 1.165) is 25.1 Å². The van der Waals surface area contributed by atoms with E-state index in [9.17, 15) is 0 Å². The molecule has 0 amide bonds. The van der Waals surface area contributed by atoms with Crippen LogP contribution in [0.15, 0.2) is 72.8 Å². The number of methoxy groups -OCH3 is 1. The number of para-hydroxylation sites is 1. The lowest BCUT2D eigenvalue weighted by Crippen LogP contribution is -2.31. The number of ether oxygens (including phenoxy) is 2. The lowest BCUT2D eigenvalue weighted by molar-refractivity contribution is 0.0494. The van der Waals surface area contributed by atoms with E-state index in [4.69, 9.17) is 9.47 Å². The summed E-state index contributed by atoms with van der Waals surface area (Å²) in [6.07, 6.45) is 5.91. The second kappa shape index (κ2) is 12.7. The molecule has 0 saturated carbocycles. The molecule has 2 unspecified atom stereocenters. The largest absolute Gasteiger partial charge is 0.467 e. The van der Waals surface area contributed by atoms with E-state index >= 15 is 0 Å². The van der Waals surface area contributed by atoms with Crippen LogP contribution >= 0.6 is 8.58 Å². The zero-order valence-electron chi connectivity index (χ0n) is 21.6. The van der Waals surface area contributed by atoms with Crippen LogP contribution in [0.2, 0.25) is 0 Å². The first-order valence-electron chi connectivity index (χ1n) is 13.0. The molecule has 0 radical (unpaired) electrons. The molecule has 3 nitrogen and oxygen atoms in total. The highest BCUT2D eigenvalue weighted by atomic mass is 31.1. The van der Waals surface area contributed by atoms with E-state index in [1.807, 2.05) is 0 Å². The molecule has 1 heterocycles. The van der Waals surface area contributed by atoms with Gasteiger partial charge in [-0.1, -0.05) is 102 Å². The molecule has 1 saturated heterocycles. The van der Waals surface area contributed by atoms with Crippen LogP contribution in [-0.2, 0) is 22.9 Å². The number of piperidine rings is 1. The van der Waals surface area contributed by atoms with Crippen LogP contribution in [0.3, 0.4) is 0 Å². The minimum Gasteiger partial charge on any atom is -0.467 e. The Morgan fingerprint density at radius 3 is 2.31 bits per heavy atom. The molecule has 0 spiro atoms. The van der Waals surface area contributed by atoms with Gasteiger partial charge in [-0.15, -0.1) is 0 Å². The van der Waals surface area contributed by atoms with Gasteiger partial charge in [-0.3, -0.25) is 4.90 Å². The Labute approximate surface area is 213 Å². The number of benzene rings is 3. The molecule has 3 aromatic rings. The van der Waals surface area contributed by atoms with Crippen molar-refractivity contribution in [1.82, 2.24) is 4.90 Å². The average molecular weight is 490 g/mol. The van der Waals surface area contributed by atoms with Gasteiger partial charge in [0.25, 0.3) is 0 Å². The van der Waals surface area contributed by atoms with Gasteiger partial charge in [-0.05, 0) is 54.3 Å². The van der Waals surface area contributed by atoms with Crippen molar-refractivity contribution in [3.05, 3.63) is 95.1 Å². The summed E-state index contributed by atoms with van der Waals surface area (Å²) >= 11 is 0. The second-order valence-corrected chi connectivity index (χ2v) is 11.7. The number of nitrogens with zero attached hydrogens (tertiary/aromatic N) is 1. The van der Waals surface area contributed by atoms with Crippen molar-refractivity contribution >= 4 is 13.9 Å². The van der Waals surface area contributed by atoms with Crippen LogP contribution in [0.1, 0.15) is 61.8 Å². The lowest BCUT2D eigenvalue weighted by Gasteiger charge is -2.33. The predicted octanol–water partition coefficient (Wildman–Crippen LogP) is 6.88. The summed E-state index contributed by atoms with van der Waals surface area (Å²) in [7, 11) is 2.36. The van der Waals surface area contributed by atoms with Gasteiger partial charge in [0.2, 0.25) is 0 Å². The Hall–Kier alpha value is -2.19. The molecular weight excluding hydrogens is 449 g/mol. The van der Waals surface area contributed by atoms with E-state index in [1.165, 1.54) is 59.9 Å². The first-order chi connectivity index (χ1) is 17.1. The maximum atomic E-state index is 6.30. The molecule has 1 aliphatic heterocycles. The summed E-state index contributed by atoms with van der Waals surface area (Å²) in [5.74, 6) is 0.989. The van der Waals surface area contributed by atoms with Crippen LogP contribution in [0.5, 0.6) is 5.75 Å². The highest BCUT2D eigenvalue weighted by Crippen LogP contribution is 2.48. The predicted molar refractivity (Wildman–Crippen MR) is 149 cm³/mol. The van der Waals surface area contributed by atoms with Gasteiger partial charge in [-0.2, -0.15) is 0 Å². The van der Waals surface area contributed by atoms with Crippen molar-refractivity contribution < 1.29 is 9.47 Å². The first-order valence-corrected chi connectivity index (χ1v) is 14.0. The van der Waals surface area contributed by atoms with Gasteiger partial charge in [0.15, 0.2) is 6.79 Å². The summed E-state index contributed by atoms with van der Waals surface area (Å²) in [4.78, 5) is 2.63. The Kier molecular flexibility index (Phi) is 9.38. The van der Waals surface area contributed by atoms with E-state index < -0.39 is 0 Å². The number of likely N-dealkylation sites (tertiary alicyclic amines) is 1. The van der Waals surface area contributed by atoms with Crippen LogP contribution in [0.25, 0.3) is 0 Å². The third kappa shape index (κ3) is 6.73. The zero-order valence-corrected chi connectivity index (χ0v) is 22.6. The van der Waals surface area contributed by atoms with Crippen molar-refractivity contribution in [1.29, 1.82) is 0 Å². The summed E-state index contributed by atoms with van der Waals surface area (Å²) < 4.78 is 11.6. The maximum Gasteiger partial charge on any atom is 0.188 e. The molecule has 3 aromatic carbocycles. The smallest absolute Gasteiger partial charge is 0.188 e. The average Bonchev–Trinajstić information content (AvgIpc) is 2.90. The molecule has 2 atom stereocenters. The SMILES string of the molecule is CCC(C)(Pc1ccccc1CN1CCCCC1)c1cccc(Cc2ccccc2)c1OCOC. The Bertz CT molecular complexity index is 1060. The fraction of sp³-hybridized carbons (Fsp3) is 0.419. The van der Waals surface area contributed by atoms with Crippen LogP contribution in [0, 0.1) is 0 Å². The van der Waals surface area contributed by atoms with Gasteiger partial charge in [0.05, 0.1) is 0 Å². The monoisotopic (exact) mass is 489 g/mol. The Balaban J connectivity index is 1.66. The first kappa shape index (κ1) is 25.9. The van der Waals surface area contributed by atoms with Crippen molar-refractivity contribution in [3.8, 4) is 5.75 Å². The topological polar surface area (TPSA) is 21.7 Å². The summed E-state index contributed by atoms with van der Waals surface area (Å²) in [6, 6.07) is 26.4. The Morgan fingerprint density at radius 1 is 0.857 bits per heavy atom. The van der Waals surface area contributed by atoms with E-state index in [2.05, 4.69) is 91.5 Å². The molecular formula is C31H40NO2P. The van der Waals surface area contributed by atoms with Crippen LogP contribution in [-0.4, -0.2) is 31.9 Å². The van der Waals surface area contributed by atoms with Gasteiger partial charge in [0.1, 0.15) is 5.75 Å². The van der Waals surface area contributed by atoms with Gasteiger partial charge in [0, 0.05) is 30.8 Å². The van der Waals surface area contributed by atoms with E-state index in [0.29, 0.717) is 8.58 Å². The second-order valence-electron chi connectivity index (χ2n) is 9.81. The Morgan fingerprint density at radius 2 is 1.57 bits per heavy atom. The lowest BCUT2D eigenvalue weighted by atomic mass is 9.92.